The maximum Gasteiger partial charge on any atom is 0.263 e. The van der Waals surface area contributed by atoms with Crippen molar-refractivity contribution >= 4 is 24.6 Å². The summed E-state index contributed by atoms with van der Waals surface area (Å²) in [6.45, 7) is 1.73. The summed E-state index contributed by atoms with van der Waals surface area (Å²) in [5, 5.41) is 20.9. The van der Waals surface area contributed by atoms with E-state index in [4.69, 9.17) is 5.84 Å². The molecular formula is C10H13ClN6O. The van der Waals surface area contributed by atoms with Gasteiger partial charge in [-0.15, -0.1) is 22.6 Å². The Hall–Kier alpha value is -2.28. The largest absolute Gasteiger partial charge is 0.507 e. The van der Waals surface area contributed by atoms with E-state index in [2.05, 4.69) is 20.7 Å². The van der Waals surface area contributed by atoms with Crippen LogP contribution in [-0.4, -0.2) is 26.2 Å². The van der Waals surface area contributed by atoms with Gasteiger partial charge in [0.15, 0.2) is 5.82 Å². The van der Waals surface area contributed by atoms with Crippen LogP contribution >= 0.6 is 12.4 Å². The van der Waals surface area contributed by atoms with E-state index in [9.17, 15) is 5.11 Å². The molecule has 0 radical (unpaired) electrons. The highest BCUT2D eigenvalue weighted by Gasteiger charge is 2.03. The van der Waals surface area contributed by atoms with Gasteiger partial charge in [0.1, 0.15) is 5.75 Å². The summed E-state index contributed by atoms with van der Waals surface area (Å²) in [6, 6.07) is 6.85. The molecule has 0 amide bonds. The van der Waals surface area contributed by atoms with Gasteiger partial charge in [-0.3, -0.25) is 0 Å². The Kier molecular flexibility index (Phi) is 4.50. The Bertz CT molecular complexity index is 553. The van der Waals surface area contributed by atoms with Crippen LogP contribution in [-0.2, 0) is 0 Å². The van der Waals surface area contributed by atoms with Gasteiger partial charge in [0.25, 0.3) is 5.95 Å². The summed E-state index contributed by atoms with van der Waals surface area (Å²) in [5.41, 5.74) is 3.23. The van der Waals surface area contributed by atoms with Crippen molar-refractivity contribution in [2.45, 2.75) is 6.92 Å². The molecule has 2 rings (SSSR count). The van der Waals surface area contributed by atoms with E-state index in [0.29, 0.717) is 17.3 Å². The van der Waals surface area contributed by atoms with E-state index in [1.807, 2.05) is 0 Å². The lowest BCUT2D eigenvalue weighted by molar-refractivity contribution is 0.474. The van der Waals surface area contributed by atoms with Crippen LogP contribution in [0.5, 0.6) is 5.75 Å². The fourth-order valence-electron chi connectivity index (χ4n) is 1.20. The summed E-state index contributed by atoms with van der Waals surface area (Å²) in [5.74, 6) is 6.68. The molecule has 96 valence electrons. The normalized spacial score (nSPS) is 10.3. The number of nitrogen functional groups attached to an aromatic ring is 1. The number of benzene rings is 1. The highest BCUT2D eigenvalue weighted by Crippen LogP contribution is 2.12. The van der Waals surface area contributed by atoms with Crippen LogP contribution in [0, 0.1) is 6.92 Å². The van der Waals surface area contributed by atoms with E-state index >= 15 is 0 Å². The van der Waals surface area contributed by atoms with Crippen LogP contribution in [0.3, 0.4) is 0 Å². The third-order valence-electron chi connectivity index (χ3n) is 2.17. The van der Waals surface area contributed by atoms with Crippen LogP contribution in [0.2, 0.25) is 0 Å². The van der Waals surface area contributed by atoms with Crippen molar-refractivity contribution in [2.75, 3.05) is 11.3 Å². The fraction of sp³-hybridized carbons (Fsp3) is 0.100. The lowest BCUT2D eigenvalue weighted by Gasteiger charge is -2.00. The Labute approximate surface area is 110 Å². The minimum absolute atomic E-state index is 0. The number of nitrogens with two attached hydrogens (primary N) is 1. The summed E-state index contributed by atoms with van der Waals surface area (Å²) in [4.78, 5) is 0. The number of rotatable bonds is 3. The average molecular weight is 269 g/mol. The van der Waals surface area contributed by atoms with Crippen molar-refractivity contribution in [2.24, 2.45) is 5.10 Å². The maximum atomic E-state index is 9.49. The highest BCUT2D eigenvalue weighted by molar-refractivity contribution is 5.85. The van der Waals surface area contributed by atoms with Gasteiger partial charge in [-0.1, -0.05) is 12.1 Å². The van der Waals surface area contributed by atoms with E-state index in [1.165, 1.54) is 10.9 Å². The van der Waals surface area contributed by atoms with Gasteiger partial charge >= 0.3 is 0 Å². The van der Waals surface area contributed by atoms with Gasteiger partial charge < -0.3 is 10.9 Å². The molecular weight excluding hydrogens is 256 g/mol. The van der Waals surface area contributed by atoms with Gasteiger partial charge in [-0.25, -0.2) is 10.1 Å². The zero-order valence-corrected chi connectivity index (χ0v) is 10.4. The van der Waals surface area contributed by atoms with Crippen LogP contribution in [0.25, 0.3) is 0 Å². The standard InChI is InChI=1S/C10H12N6O.ClH/c1-7-13-15-10(16(7)11)14-12-6-8-4-2-3-5-9(8)17;/h2-6,17H,11H2,1H3,(H,14,15);1H. The summed E-state index contributed by atoms with van der Waals surface area (Å²) < 4.78 is 1.28. The molecule has 0 aliphatic rings. The smallest absolute Gasteiger partial charge is 0.263 e. The molecule has 18 heavy (non-hydrogen) atoms. The first-order valence-electron chi connectivity index (χ1n) is 4.92. The van der Waals surface area contributed by atoms with Gasteiger partial charge in [-0.05, 0) is 19.1 Å². The minimum atomic E-state index is 0. The topological polar surface area (TPSA) is 101 Å². The molecule has 1 aromatic carbocycles. The first kappa shape index (κ1) is 13.8. The highest BCUT2D eigenvalue weighted by atomic mass is 35.5. The first-order valence-corrected chi connectivity index (χ1v) is 4.92. The molecule has 0 saturated heterocycles. The van der Waals surface area contributed by atoms with Crippen LogP contribution in [0.4, 0.5) is 5.95 Å². The molecule has 7 nitrogen and oxygen atoms in total. The van der Waals surface area contributed by atoms with Gasteiger partial charge in [-0.2, -0.15) is 5.10 Å². The van der Waals surface area contributed by atoms with Crippen LogP contribution in [0.15, 0.2) is 29.4 Å². The molecule has 0 fully saturated rings. The number of nitrogens with zero attached hydrogens (tertiary/aromatic N) is 4. The molecule has 1 heterocycles. The quantitative estimate of drug-likeness (QED) is 0.436. The molecule has 0 aliphatic heterocycles. The summed E-state index contributed by atoms with van der Waals surface area (Å²) in [6.07, 6.45) is 1.47. The summed E-state index contributed by atoms with van der Waals surface area (Å²) >= 11 is 0. The van der Waals surface area contributed by atoms with E-state index in [1.54, 1.807) is 31.2 Å². The maximum absolute atomic E-state index is 9.49. The number of phenolic OH excluding ortho intramolecular Hbond substituents is 1. The average Bonchev–Trinajstić information content (AvgIpc) is 2.63. The zero-order valence-electron chi connectivity index (χ0n) is 9.61. The number of nitrogens with one attached hydrogen (secondary N) is 1. The van der Waals surface area contributed by atoms with Crippen molar-refractivity contribution < 1.29 is 5.11 Å². The lowest BCUT2D eigenvalue weighted by Crippen LogP contribution is -2.13. The molecule has 1 aromatic heterocycles. The monoisotopic (exact) mass is 268 g/mol. The second-order valence-electron chi connectivity index (χ2n) is 3.37. The first-order chi connectivity index (χ1) is 8.18. The SMILES string of the molecule is Cc1nnc(NN=Cc2ccccc2O)n1N.Cl. The third kappa shape index (κ3) is 2.89. The van der Waals surface area contributed by atoms with E-state index in [-0.39, 0.29) is 18.2 Å². The van der Waals surface area contributed by atoms with Crippen molar-refractivity contribution in [3.05, 3.63) is 35.7 Å². The molecule has 0 unspecified atom stereocenters. The number of anilines is 1. The predicted molar refractivity (Wildman–Crippen MR) is 71.5 cm³/mol. The Balaban J connectivity index is 0.00000162. The molecule has 4 N–H and O–H groups in total. The number of aromatic hydroxyl groups is 1. The number of aryl methyl sites for hydroxylation is 1. The fourth-order valence-corrected chi connectivity index (χ4v) is 1.20. The van der Waals surface area contributed by atoms with Crippen LogP contribution < -0.4 is 11.3 Å². The molecule has 0 bridgehead atoms. The van der Waals surface area contributed by atoms with Crippen molar-refractivity contribution in [1.29, 1.82) is 0 Å². The summed E-state index contributed by atoms with van der Waals surface area (Å²) in [7, 11) is 0. The lowest BCUT2D eigenvalue weighted by atomic mass is 10.2. The minimum Gasteiger partial charge on any atom is -0.507 e. The number of hydrogen-bond acceptors (Lipinski definition) is 6. The number of aromatic nitrogens is 3. The van der Waals surface area contributed by atoms with Gasteiger partial charge in [0.05, 0.1) is 6.21 Å². The van der Waals surface area contributed by atoms with E-state index < -0.39 is 0 Å². The van der Waals surface area contributed by atoms with E-state index in [0.717, 1.165) is 0 Å². The zero-order chi connectivity index (χ0) is 12.3. The van der Waals surface area contributed by atoms with Crippen molar-refractivity contribution in [3.8, 4) is 5.75 Å². The Morgan fingerprint density at radius 3 is 2.72 bits per heavy atom. The number of hydrazone groups is 1. The predicted octanol–water partition coefficient (Wildman–Crippen LogP) is 0.874. The number of hydrogen-bond donors (Lipinski definition) is 3. The number of phenols is 1. The second-order valence-corrected chi connectivity index (χ2v) is 3.37. The van der Waals surface area contributed by atoms with Crippen LogP contribution in [0.1, 0.15) is 11.4 Å². The second kappa shape index (κ2) is 5.87. The molecule has 0 aliphatic carbocycles. The molecule has 0 atom stereocenters. The Morgan fingerprint density at radius 1 is 1.39 bits per heavy atom. The molecule has 0 saturated carbocycles. The van der Waals surface area contributed by atoms with Gasteiger partial charge in [0.2, 0.25) is 0 Å². The third-order valence-corrected chi connectivity index (χ3v) is 2.17. The molecule has 0 spiro atoms. The number of halogens is 1. The molecule has 8 heteroatoms. The molecule has 2 aromatic rings. The number of para-hydroxylation sites is 1. The van der Waals surface area contributed by atoms with Gasteiger partial charge in [0, 0.05) is 5.56 Å². The van der Waals surface area contributed by atoms with Crippen molar-refractivity contribution in [3.63, 3.8) is 0 Å². The van der Waals surface area contributed by atoms with Crippen molar-refractivity contribution in [1.82, 2.24) is 14.9 Å². The Morgan fingerprint density at radius 2 is 2.11 bits per heavy atom.